The van der Waals surface area contributed by atoms with Crippen molar-refractivity contribution in [3.05, 3.63) is 16.3 Å². The molecule has 1 aliphatic heterocycles. The molecule has 0 aromatic carbocycles. The summed E-state index contributed by atoms with van der Waals surface area (Å²) in [6.45, 7) is 1.70. The third-order valence-corrected chi connectivity index (χ3v) is 2.62. The Bertz CT molecular complexity index is 448. The van der Waals surface area contributed by atoms with Gasteiger partial charge in [-0.2, -0.15) is 18.3 Å². The quantitative estimate of drug-likeness (QED) is 0.849. The number of rotatable bonds is 3. The van der Waals surface area contributed by atoms with Gasteiger partial charge in [-0.25, -0.2) is 9.48 Å². The molecule has 0 saturated heterocycles. The predicted molar refractivity (Wildman–Crippen MR) is 53.5 cm³/mol. The van der Waals surface area contributed by atoms with Gasteiger partial charge in [-0.05, 0) is 6.42 Å². The zero-order valence-corrected chi connectivity index (χ0v) is 9.13. The van der Waals surface area contributed by atoms with Crippen molar-refractivity contribution in [2.75, 3.05) is 6.54 Å². The van der Waals surface area contributed by atoms with Gasteiger partial charge in [0, 0.05) is 26.1 Å². The summed E-state index contributed by atoms with van der Waals surface area (Å²) in [7, 11) is 0. The van der Waals surface area contributed by atoms with Crippen molar-refractivity contribution in [3.63, 3.8) is 0 Å². The number of nitrogens with one attached hydrogen (secondary N) is 1. The Balaban J connectivity index is 2.02. The van der Waals surface area contributed by atoms with E-state index in [-0.39, 0.29) is 18.7 Å². The van der Waals surface area contributed by atoms with E-state index in [9.17, 15) is 18.0 Å². The van der Waals surface area contributed by atoms with E-state index in [0.29, 0.717) is 25.5 Å². The van der Waals surface area contributed by atoms with Gasteiger partial charge in [0.15, 0.2) is 0 Å². The normalized spacial score (nSPS) is 15.9. The molecular weight excluding hydrogens is 237 g/mol. The SMILES string of the molecule is O=c1n(CCCC(F)(F)F)nc2n1CCNC2. The molecule has 0 atom stereocenters. The Hall–Kier alpha value is -1.31. The maximum atomic E-state index is 12.0. The first-order valence-corrected chi connectivity index (χ1v) is 5.41. The second-order valence-electron chi connectivity index (χ2n) is 3.97. The fourth-order valence-electron chi connectivity index (χ4n) is 1.81. The van der Waals surface area contributed by atoms with E-state index in [2.05, 4.69) is 10.4 Å². The highest BCUT2D eigenvalue weighted by atomic mass is 19.4. The van der Waals surface area contributed by atoms with Crippen LogP contribution in [0.1, 0.15) is 18.7 Å². The van der Waals surface area contributed by atoms with Gasteiger partial charge in [0.25, 0.3) is 0 Å². The molecule has 0 saturated carbocycles. The number of alkyl halides is 3. The third-order valence-electron chi connectivity index (χ3n) is 2.62. The lowest BCUT2D eigenvalue weighted by molar-refractivity contribution is -0.136. The average molecular weight is 250 g/mol. The minimum atomic E-state index is -4.18. The fourth-order valence-corrected chi connectivity index (χ4v) is 1.81. The maximum Gasteiger partial charge on any atom is 0.389 e. The predicted octanol–water partition coefficient (Wildman–Crippen LogP) is 0.490. The standard InChI is InChI=1S/C9H13F3N4O/c10-9(11,12)2-1-4-16-8(17)15-5-3-13-6-7(15)14-16/h13H,1-6H2. The van der Waals surface area contributed by atoms with Crippen molar-refractivity contribution < 1.29 is 13.2 Å². The lowest BCUT2D eigenvalue weighted by Crippen LogP contribution is -2.34. The number of hydrogen-bond donors (Lipinski definition) is 1. The van der Waals surface area contributed by atoms with Gasteiger partial charge in [-0.3, -0.25) is 4.57 Å². The monoisotopic (exact) mass is 250 g/mol. The topological polar surface area (TPSA) is 51.9 Å². The molecule has 0 amide bonds. The van der Waals surface area contributed by atoms with Gasteiger partial charge in [-0.15, -0.1) is 0 Å². The van der Waals surface area contributed by atoms with E-state index in [4.69, 9.17) is 0 Å². The molecule has 0 fully saturated rings. The van der Waals surface area contributed by atoms with Crippen molar-refractivity contribution in [1.82, 2.24) is 19.7 Å². The number of aromatic nitrogens is 3. The molecule has 1 aromatic rings. The molecule has 0 radical (unpaired) electrons. The summed E-state index contributed by atoms with van der Waals surface area (Å²) in [5.41, 5.74) is -0.316. The van der Waals surface area contributed by atoms with Crippen LogP contribution in [-0.2, 0) is 19.6 Å². The highest BCUT2D eigenvalue weighted by molar-refractivity contribution is 4.90. The number of nitrogens with zero attached hydrogens (tertiary/aromatic N) is 3. The van der Waals surface area contributed by atoms with E-state index < -0.39 is 12.6 Å². The summed E-state index contributed by atoms with van der Waals surface area (Å²) in [5.74, 6) is 0.591. The summed E-state index contributed by atoms with van der Waals surface area (Å²) in [5, 5.41) is 7.05. The van der Waals surface area contributed by atoms with Crippen molar-refractivity contribution in [1.29, 1.82) is 0 Å². The molecule has 96 valence electrons. The Morgan fingerprint density at radius 2 is 2.18 bits per heavy atom. The second kappa shape index (κ2) is 4.52. The van der Waals surface area contributed by atoms with Crippen LogP contribution in [0.4, 0.5) is 13.2 Å². The smallest absolute Gasteiger partial charge is 0.308 e. The molecule has 0 aliphatic carbocycles. The molecule has 1 aromatic heterocycles. The van der Waals surface area contributed by atoms with Crippen LogP contribution in [0.25, 0.3) is 0 Å². The van der Waals surface area contributed by atoms with E-state index in [1.807, 2.05) is 0 Å². The first kappa shape index (κ1) is 12.2. The minimum absolute atomic E-state index is 0.0122. The first-order valence-electron chi connectivity index (χ1n) is 5.41. The molecular formula is C9H13F3N4O. The molecule has 0 bridgehead atoms. The number of halogens is 3. The first-order chi connectivity index (χ1) is 7.97. The van der Waals surface area contributed by atoms with Crippen LogP contribution in [-0.4, -0.2) is 27.1 Å². The van der Waals surface area contributed by atoms with Gasteiger partial charge in [0.1, 0.15) is 5.82 Å². The second-order valence-corrected chi connectivity index (χ2v) is 3.97. The molecule has 0 unspecified atom stereocenters. The van der Waals surface area contributed by atoms with Gasteiger partial charge >= 0.3 is 11.9 Å². The molecule has 8 heteroatoms. The highest BCUT2D eigenvalue weighted by Crippen LogP contribution is 2.21. The van der Waals surface area contributed by atoms with Crippen LogP contribution < -0.4 is 11.0 Å². The molecule has 2 heterocycles. The van der Waals surface area contributed by atoms with Crippen LogP contribution in [0.15, 0.2) is 4.79 Å². The zero-order valence-electron chi connectivity index (χ0n) is 9.13. The van der Waals surface area contributed by atoms with E-state index in [1.165, 1.54) is 4.57 Å². The number of fused-ring (bicyclic) bond motifs is 1. The molecule has 1 N–H and O–H groups in total. The Morgan fingerprint density at radius 3 is 2.82 bits per heavy atom. The number of hydrogen-bond acceptors (Lipinski definition) is 3. The van der Waals surface area contributed by atoms with Gasteiger partial charge in [0.2, 0.25) is 0 Å². The van der Waals surface area contributed by atoms with Crippen LogP contribution in [0, 0.1) is 0 Å². The van der Waals surface area contributed by atoms with Crippen LogP contribution >= 0.6 is 0 Å². The van der Waals surface area contributed by atoms with Crippen molar-refractivity contribution >= 4 is 0 Å². The summed E-state index contributed by atoms with van der Waals surface area (Å²) < 4.78 is 38.5. The lowest BCUT2D eigenvalue weighted by atomic mass is 10.3. The van der Waals surface area contributed by atoms with Crippen molar-refractivity contribution in [2.24, 2.45) is 0 Å². The van der Waals surface area contributed by atoms with Crippen LogP contribution in [0.3, 0.4) is 0 Å². The van der Waals surface area contributed by atoms with E-state index >= 15 is 0 Å². The van der Waals surface area contributed by atoms with Gasteiger partial charge in [-0.1, -0.05) is 0 Å². The average Bonchev–Trinajstić information content (AvgIpc) is 2.55. The number of aryl methyl sites for hydroxylation is 1. The van der Waals surface area contributed by atoms with Gasteiger partial charge in [0.05, 0.1) is 6.54 Å². The molecule has 17 heavy (non-hydrogen) atoms. The van der Waals surface area contributed by atoms with Crippen molar-refractivity contribution in [2.45, 2.75) is 38.7 Å². The Labute approximate surface area is 95.2 Å². The zero-order chi connectivity index (χ0) is 12.5. The van der Waals surface area contributed by atoms with E-state index in [0.717, 1.165) is 4.68 Å². The summed E-state index contributed by atoms with van der Waals surface area (Å²) in [6, 6.07) is 0. The van der Waals surface area contributed by atoms with Crippen molar-refractivity contribution in [3.8, 4) is 0 Å². The fraction of sp³-hybridized carbons (Fsp3) is 0.778. The Kier molecular flexibility index (Phi) is 3.23. The molecule has 0 spiro atoms. The van der Waals surface area contributed by atoms with Gasteiger partial charge < -0.3 is 5.32 Å². The van der Waals surface area contributed by atoms with Crippen LogP contribution in [0.2, 0.25) is 0 Å². The molecule has 5 nitrogen and oxygen atoms in total. The lowest BCUT2D eigenvalue weighted by Gasteiger charge is -2.11. The largest absolute Gasteiger partial charge is 0.389 e. The van der Waals surface area contributed by atoms with E-state index in [1.54, 1.807) is 0 Å². The third kappa shape index (κ3) is 2.87. The summed E-state index contributed by atoms with van der Waals surface area (Å²) >= 11 is 0. The van der Waals surface area contributed by atoms with Crippen LogP contribution in [0.5, 0.6) is 0 Å². The maximum absolute atomic E-state index is 12.0. The summed E-state index contributed by atoms with van der Waals surface area (Å²) in [6.07, 6.45) is -5.18. The minimum Gasteiger partial charge on any atom is -0.308 e. The molecule has 1 aliphatic rings. The Morgan fingerprint density at radius 1 is 1.41 bits per heavy atom. The summed E-state index contributed by atoms with van der Waals surface area (Å²) in [4.78, 5) is 11.7. The highest BCUT2D eigenvalue weighted by Gasteiger charge is 2.26. The molecule has 2 rings (SSSR count).